The predicted octanol–water partition coefficient (Wildman–Crippen LogP) is 1.30. The summed E-state index contributed by atoms with van der Waals surface area (Å²) in [5.74, 6) is 0.893. The molecule has 1 aliphatic rings. The fraction of sp³-hybridized carbons (Fsp3) is 0.417. The van der Waals surface area contributed by atoms with E-state index >= 15 is 0 Å². The van der Waals surface area contributed by atoms with Gasteiger partial charge in [0.05, 0.1) is 0 Å². The van der Waals surface area contributed by atoms with Crippen LogP contribution in [0.3, 0.4) is 0 Å². The summed E-state index contributed by atoms with van der Waals surface area (Å²) in [6.07, 6.45) is 1.32. The van der Waals surface area contributed by atoms with Crippen molar-refractivity contribution in [3.8, 4) is 5.75 Å². The van der Waals surface area contributed by atoms with Crippen molar-refractivity contribution in [2.45, 2.75) is 25.8 Å². The number of nitrogens with two attached hydrogens (primary N) is 1. The second-order valence-corrected chi connectivity index (χ2v) is 4.16. The SMILES string of the molecule is C[C@H](N)COc1ccc2c(c1)CCC(=O)N2. The molecule has 1 aromatic carbocycles. The van der Waals surface area contributed by atoms with Crippen molar-refractivity contribution in [1.82, 2.24) is 0 Å². The van der Waals surface area contributed by atoms with E-state index in [0.717, 1.165) is 23.4 Å². The first-order valence-electron chi connectivity index (χ1n) is 5.46. The third-order valence-corrected chi connectivity index (χ3v) is 2.49. The molecule has 3 N–H and O–H groups in total. The molecule has 0 radical (unpaired) electrons. The molecule has 1 atom stereocenters. The first-order chi connectivity index (χ1) is 7.65. The molecule has 1 aliphatic heterocycles. The fourth-order valence-corrected chi connectivity index (χ4v) is 1.68. The van der Waals surface area contributed by atoms with Crippen molar-refractivity contribution in [3.05, 3.63) is 23.8 Å². The Kier molecular flexibility index (Phi) is 3.10. The number of rotatable bonds is 3. The number of hydrogen-bond acceptors (Lipinski definition) is 3. The molecule has 1 amide bonds. The summed E-state index contributed by atoms with van der Waals surface area (Å²) in [5.41, 5.74) is 7.63. The van der Waals surface area contributed by atoms with E-state index in [1.54, 1.807) is 0 Å². The van der Waals surface area contributed by atoms with Crippen molar-refractivity contribution in [2.75, 3.05) is 11.9 Å². The molecule has 0 fully saturated rings. The molecular formula is C12H16N2O2. The zero-order chi connectivity index (χ0) is 11.5. The summed E-state index contributed by atoms with van der Waals surface area (Å²) in [7, 11) is 0. The van der Waals surface area contributed by atoms with E-state index in [-0.39, 0.29) is 11.9 Å². The molecule has 1 heterocycles. The van der Waals surface area contributed by atoms with E-state index in [1.165, 1.54) is 0 Å². The van der Waals surface area contributed by atoms with E-state index in [2.05, 4.69) is 5.32 Å². The van der Waals surface area contributed by atoms with Crippen LogP contribution >= 0.6 is 0 Å². The standard InChI is InChI=1S/C12H16N2O2/c1-8(13)7-16-10-3-4-11-9(6-10)2-5-12(15)14-11/h3-4,6,8H,2,5,7,13H2,1H3,(H,14,15)/t8-/m0/s1. The Bertz CT molecular complexity index is 402. The van der Waals surface area contributed by atoms with Gasteiger partial charge in [0, 0.05) is 18.2 Å². The average molecular weight is 220 g/mol. The Morgan fingerprint density at radius 2 is 2.31 bits per heavy atom. The molecule has 4 heteroatoms. The summed E-state index contributed by atoms with van der Waals surface area (Å²) < 4.78 is 5.52. The summed E-state index contributed by atoms with van der Waals surface area (Å²) in [4.78, 5) is 11.2. The van der Waals surface area contributed by atoms with Crippen LogP contribution in [0, 0.1) is 0 Å². The van der Waals surface area contributed by atoms with Gasteiger partial charge in [0.25, 0.3) is 0 Å². The number of amides is 1. The number of aryl methyl sites for hydroxylation is 1. The lowest BCUT2D eigenvalue weighted by molar-refractivity contribution is -0.116. The van der Waals surface area contributed by atoms with Gasteiger partial charge in [0.15, 0.2) is 0 Å². The van der Waals surface area contributed by atoms with Crippen LogP contribution in [0.2, 0.25) is 0 Å². The largest absolute Gasteiger partial charge is 0.492 e. The van der Waals surface area contributed by atoms with Crippen LogP contribution in [0.4, 0.5) is 5.69 Å². The highest BCUT2D eigenvalue weighted by atomic mass is 16.5. The highest BCUT2D eigenvalue weighted by Crippen LogP contribution is 2.26. The lowest BCUT2D eigenvalue weighted by Crippen LogP contribution is -2.24. The number of nitrogens with one attached hydrogen (secondary N) is 1. The van der Waals surface area contributed by atoms with Crippen LogP contribution in [0.1, 0.15) is 18.9 Å². The number of benzene rings is 1. The van der Waals surface area contributed by atoms with E-state index in [0.29, 0.717) is 13.0 Å². The molecule has 1 aromatic rings. The van der Waals surface area contributed by atoms with Crippen LogP contribution in [0.5, 0.6) is 5.75 Å². The van der Waals surface area contributed by atoms with Gasteiger partial charge in [-0.25, -0.2) is 0 Å². The van der Waals surface area contributed by atoms with Gasteiger partial charge < -0.3 is 15.8 Å². The molecule has 0 aromatic heterocycles. The molecule has 2 rings (SSSR count). The third-order valence-electron chi connectivity index (χ3n) is 2.49. The van der Waals surface area contributed by atoms with Gasteiger partial charge in [0.1, 0.15) is 12.4 Å². The lowest BCUT2D eigenvalue weighted by Gasteiger charge is -2.18. The maximum atomic E-state index is 11.2. The number of fused-ring (bicyclic) bond motifs is 1. The Labute approximate surface area is 94.8 Å². The Hall–Kier alpha value is -1.55. The maximum Gasteiger partial charge on any atom is 0.224 e. The van der Waals surface area contributed by atoms with Gasteiger partial charge in [-0.05, 0) is 37.1 Å². The molecule has 0 spiro atoms. The van der Waals surface area contributed by atoms with Crippen LogP contribution in [-0.2, 0) is 11.2 Å². The summed E-state index contributed by atoms with van der Waals surface area (Å²) in [6.45, 7) is 2.41. The monoisotopic (exact) mass is 220 g/mol. The molecule has 0 saturated carbocycles. The van der Waals surface area contributed by atoms with E-state index < -0.39 is 0 Å². The van der Waals surface area contributed by atoms with Gasteiger partial charge in [-0.3, -0.25) is 4.79 Å². The number of carbonyl (C=O) groups excluding carboxylic acids is 1. The van der Waals surface area contributed by atoms with E-state index in [9.17, 15) is 4.79 Å². The smallest absolute Gasteiger partial charge is 0.224 e. The van der Waals surface area contributed by atoms with Crippen molar-refractivity contribution in [3.63, 3.8) is 0 Å². The highest BCUT2D eigenvalue weighted by Gasteiger charge is 2.14. The zero-order valence-electron chi connectivity index (χ0n) is 9.32. The molecule has 0 bridgehead atoms. The molecule has 0 aliphatic carbocycles. The van der Waals surface area contributed by atoms with Crippen LogP contribution in [-0.4, -0.2) is 18.6 Å². The van der Waals surface area contributed by atoms with E-state index in [1.807, 2.05) is 25.1 Å². The topological polar surface area (TPSA) is 64.3 Å². The zero-order valence-corrected chi connectivity index (χ0v) is 9.32. The number of carbonyl (C=O) groups is 1. The highest BCUT2D eigenvalue weighted by molar-refractivity contribution is 5.93. The van der Waals surface area contributed by atoms with Crippen molar-refractivity contribution < 1.29 is 9.53 Å². The van der Waals surface area contributed by atoms with Crippen LogP contribution in [0.15, 0.2) is 18.2 Å². The first-order valence-corrected chi connectivity index (χ1v) is 5.46. The first kappa shape index (κ1) is 11.0. The Morgan fingerprint density at radius 1 is 1.50 bits per heavy atom. The second-order valence-electron chi connectivity index (χ2n) is 4.16. The van der Waals surface area contributed by atoms with Gasteiger partial charge in [-0.2, -0.15) is 0 Å². The molecule has 0 saturated heterocycles. The third kappa shape index (κ3) is 2.52. The van der Waals surface area contributed by atoms with Crippen molar-refractivity contribution >= 4 is 11.6 Å². The minimum atomic E-state index is 0.0238. The minimum Gasteiger partial charge on any atom is -0.492 e. The summed E-state index contributed by atoms with van der Waals surface area (Å²) in [6, 6.07) is 5.73. The number of ether oxygens (including phenoxy) is 1. The molecule has 4 nitrogen and oxygen atoms in total. The molecule has 16 heavy (non-hydrogen) atoms. The van der Waals surface area contributed by atoms with Crippen molar-refractivity contribution in [2.24, 2.45) is 5.73 Å². The van der Waals surface area contributed by atoms with Crippen LogP contribution in [0.25, 0.3) is 0 Å². The number of anilines is 1. The summed E-state index contributed by atoms with van der Waals surface area (Å²) >= 11 is 0. The molecule has 86 valence electrons. The van der Waals surface area contributed by atoms with E-state index in [4.69, 9.17) is 10.5 Å². The van der Waals surface area contributed by atoms with Gasteiger partial charge in [-0.1, -0.05) is 0 Å². The Morgan fingerprint density at radius 3 is 3.06 bits per heavy atom. The van der Waals surface area contributed by atoms with Crippen LogP contribution < -0.4 is 15.8 Å². The molecule has 0 unspecified atom stereocenters. The summed E-state index contributed by atoms with van der Waals surface area (Å²) in [5, 5.41) is 2.83. The predicted molar refractivity (Wildman–Crippen MR) is 62.5 cm³/mol. The van der Waals surface area contributed by atoms with Gasteiger partial charge in [0.2, 0.25) is 5.91 Å². The lowest BCUT2D eigenvalue weighted by atomic mass is 10.0. The minimum absolute atomic E-state index is 0.0238. The molecular weight excluding hydrogens is 204 g/mol. The van der Waals surface area contributed by atoms with Crippen molar-refractivity contribution in [1.29, 1.82) is 0 Å². The average Bonchev–Trinajstić information content (AvgIpc) is 2.26. The number of hydrogen-bond donors (Lipinski definition) is 2. The van der Waals surface area contributed by atoms with Gasteiger partial charge >= 0.3 is 0 Å². The Balaban J connectivity index is 2.10. The second kappa shape index (κ2) is 4.53. The van der Waals surface area contributed by atoms with Gasteiger partial charge in [-0.15, -0.1) is 0 Å². The normalized spacial score (nSPS) is 16.2. The fourth-order valence-electron chi connectivity index (χ4n) is 1.68. The maximum absolute atomic E-state index is 11.2. The quantitative estimate of drug-likeness (QED) is 0.807.